The molecule has 92 valence electrons. The van der Waals surface area contributed by atoms with Gasteiger partial charge in [-0.25, -0.2) is 4.98 Å². The Labute approximate surface area is 114 Å². The zero-order valence-corrected chi connectivity index (χ0v) is 12.0. The normalized spacial score (nSPS) is 12.9. The molecule has 2 heterocycles. The lowest BCUT2D eigenvalue weighted by Gasteiger charge is -2.12. The van der Waals surface area contributed by atoms with Crippen molar-refractivity contribution in [3.63, 3.8) is 0 Å². The fraction of sp³-hybridized carbons (Fsp3) is 0.455. The summed E-state index contributed by atoms with van der Waals surface area (Å²) in [5.41, 5.74) is 1.76. The van der Waals surface area contributed by atoms with Crippen molar-refractivity contribution >= 4 is 34.5 Å². The lowest BCUT2D eigenvalue weighted by Crippen LogP contribution is -2.10. The summed E-state index contributed by atoms with van der Waals surface area (Å²) in [6.45, 7) is 4.01. The Hall–Kier alpha value is -0.580. The molecule has 0 bridgehead atoms. The first-order valence-electron chi connectivity index (χ1n) is 5.37. The number of hydrogen-bond acceptors (Lipinski definition) is 3. The highest BCUT2D eigenvalue weighted by Gasteiger charge is 2.17. The third-order valence-electron chi connectivity index (χ3n) is 2.55. The van der Waals surface area contributed by atoms with E-state index in [-0.39, 0.29) is 6.04 Å². The van der Waals surface area contributed by atoms with E-state index in [4.69, 9.17) is 23.2 Å². The largest absolute Gasteiger partial charge is 0.261 e. The number of rotatable bonds is 4. The van der Waals surface area contributed by atoms with E-state index in [0.29, 0.717) is 10.9 Å². The molecule has 17 heavy (non-hydrogen) atoms. The van der Waals surface area contributed by atoms with Crippen LogP contribution in [0.3, 0.4) is 0 Å². The molecule has 0 saturated carbocycles. The van der Waals surface area contributed by atoms with Gasteiger partial charge in [-0.3, -0.25) is 4.68 Å². The minimum absolute atomic E-state index is 0.142. The van der Waals surface area contributed by atoms with E-state index in [0.717, 1.165) is 22.8 Å². The second-order valence-electron chi connectivity index (χ2n) is 3.78. The maximum Gasteiger partial charge on any atom is 0.118 e. The van der Waals surface area contributed by atoms with Gasteiger partial charge in [-0.1, -0.05) is 18.5 Å². The lowest BCUT2D eigenvalue weighted by atomic mass is 10.2. The monoisotopic (exact) mass is 289 g/mol. The van der Waals surface area contributed by atoms with Crippen molar-refractivity contribution in [3.8, 4) is 0 Å². The summed E-state index contributed by atoms with van der Waals surface area (Å²) in [7, 11) is 0. The second kappa shape index (κ2) is 5.38. The molecule has 2 rings (SSSR count). The van der Waals surface area contributed by atoms with Gasteiger partial charge < -0.3 is 0 Å². The van der Waals surface area contributed by atoms with Gasteiger partial charge in [0, 0.05) is 11.6 Å². The molecule has 0 aliphatic heterocycles. The summed E-state index contributed by atoms with van der Waals surface area (Å²) < 4.78 is 1.88. The SMILES string of the molecule is CCC(c1nc(CCl)cs1)n1cc(Cl)c(C)n1. The van der Waals surface area contributed by atoms with Crippen LogP contribution in [0.25, 0.3) is 0 Å². The molecule has 0 aliphatic carbocycles. The van der Waals surface area contributed by atoms with Crippen LogP contribution in [0.1, 0.15) is 35.8 Å². The molecule has 0 spiro atoms. The molecular formula is C11H13Cl2N3S. The van der Waals surface area contributed by atoms with E-state index in [1.54, 1.807) is 11.3 Å². The van der Waals surface area contributed by atoms with Gasteiger partial charge in [0.1, 0.15) is 11.0 Å². The molecule has 2 aromatic rings. The zero-order valence-electron chi connectivity index (χ0n) is 9.65. The quantitative estimate of drug-likeness (QED) is 0.796. The number of nitrogens with zero attached hydrogens (tertiary/aromatic N) is 3. The summed E-state index contributed by atoms with van der Waals surface area (Å²) >= 11 is 13.4. The Balaban J connectivity index is 2.32. The average Bonchev–Trinajstić information content (AvgIpc) is 2.89. The predicted octanol–water partition coefficient (Wildman–Crippen LogP) is 4.04. The minimum Gasteiger partial charge on any atom is -0.261 e. The topological polar surface area (TPSA) is 30.7 Å². The van der Waals surface area contributed by atoms with Gasteiger partial charge in [0.15, 0.2) is 0 Å². The Bertz CT molecular complexity index is 487. The standard InChI is InChI=1S/C11H13Cl2N3S/c1-3-10(11-14-8(4-12)6-17-11)16-5-9(13)7(2)15-16/h5-6,10H,3-4H2,1-2H3. The van der Waals surface area contributed by atoms with Crippen LogP contribution in [0.15, 0.2) is 11.6 Å². The summed E-state index contributed by atoms with van der Waals surface area (Å²) in [5, 5.41) is 8.12. The lowest BCUT2D eigenvalue weighted by molar-refractivity contribution is 0.503. The van der Waals surface area contributed by atoms with Crippen molar-refractivity contribution in [2.45, 2.75) is 32.2 Å². The second-order valence-corrected chi connectivity index (χ2v) is 5.34. The molecule has 0 fully saturated rings. The van der Waals surface area contributed by atoms with Crippen molar-refractivity contribution in [1.82, 2.24) is 14.8 Å². The number of alkyl halides is 1. The smallest absolute Gasteiger partial charge is 0.118 e. The van der Waals surface area contributed by atoms with Crippen LogP contribution >= 0.6 is 34.5 Å². The van der Waals surface area contributed by atoms with Crippen LogP contribution in [0, 0.1) is 6.92 Å². The fourth-order valence-electron chi connectivity index (χ4n) is 1.63. The van der Waals surface area contributed by atoms with Gasteiger partial charge in [0.25, 0.3) is 0 Å². The van der Waals surface area contributed by atoms with Gasteiger partial charge in [-0.05, 0) is 13.3 Å². The Morgan fingerprint density at radius 3 is 2.76 bits per heavy atom. The van der Waals surface area contributed by atoms with Gasteiger partial charge in [-0.2, -0.15) is 5.10 Å². The van der Waals surface area contributed by atoms with E-state index in [9.17, 15) is 0 Å². The molecule has 0 amide bonds. The van der Waals surface area contributed by atoms with Crippen LogP contribution in [-0.2, 0) is 5.88 Å². The summed E-state index contributed by atoms with van der Waals surface area (Å²) in [6.07, 6.45) is 2.78. The van der Waals surface area contributed by atoms with Crippen LogP contribution in [0.4, 0.5) is 0 Å². The van der Waals surface area contributed by atoms with E-state index in [1.165, 1.54) is 0 Å². The van der Waals surface area contributed by atoms with Crippen molar-refractivity contribution in [2.75, 3.05) is 0 Å². The molecule has 6 heteroatoms. The van der Waals surface area contributed by atoms with Crippen LogP contribution in [-0.4, -0.2) is 14.8 Å². The van der Waals surface area contributed by atoms with Crippen molar-refractivity contribution in [1.29, 1.82) is 0 Å². The van der Waals surface area contributed by atoms with Crippen LogP contribution in [0.5, 0.6) is 0 Å². The highest BCUT2D eigenvalue weighted by molar-refractivity contribution is 7.09. The van der Waals surface area contributed by atoms with Gasteiger partial charge in [-0.15, -0.1) is 22.9 Å². The minimum atomic E-state index is 0.142. The molecule has 1 unspecified atom stereocenters. The third-order valence-corrected chi connectivity index (χ3v) is 4.19. The van der Waals surface area contributed by atoms with Gasteiger partial charge >= 0.3 is 0 Å². The number of aryl methyl sites for hydroxylation is 1. The van der Waals surface area contributed by atoms with E-state index in [1.807, 2.05) is 23.2 Å². The summed E-state index contributed by atoms with van der Waals surface area (Å²) in [6, 6.07) is 0.142. The zero-order chi connectivity index (χ0) is 12.4. The summed E-state index contributed by atoms with van der Waals surface area (Å²) in [5.74, 6) is 0.450. The molecular weight excluding hydrogens is 277 g/mol. The van der Waals surface area contributed by atoms with Crippen molar-refractivity contribution in [3.05, 3.63) is 33.0 Å². The van der Waals surface area contributed by atoms with E-state index >= 15 is 0 Å². The number of thiazole rings is 1. The maximum atomic E-state index is 6.03. The first-order chi connectivity index (χ1) is 8.15. The molecule has 0 saturated heterocycles. The van der Waals surface area contributed by atoms with Crippen molar-refractivity contribution < 1.29 is 0 Å². The van der Waals surface area contributed by atoms with Crippen LogP contribution in [0.2, 0.25) is 5.02 Å². The third kappa shape index (κ3) is 2.64. The highest BCUT2D eigenvalue weighted by Crippen LogP contribution is 2.27. The first kappa shape index (κ1) is 12.9. The molecule has 1 atom stereocenters. The first-order valence-corrected chi connectivity index (χ1v) is 7.16. The molecule has 0 aliphatic rings. The fourth-order valence-corrected chi connectivity index (χ4v) is 2.99. The Kier molecular flexibility index (Phi) is 4.07. The highest BCUT2D eigenvalue weighted by atomic mass is 35.5. The Morgan fingerprint density at radius 2 is 2.29 bits per heavy atom. The van der Waals surface area contributed by atoms with Crippen molar-refractivity contribution in [2.24, 2.45) is 0 Å². The maximum absolute atomic E-state index is 6.03. The number of hydrogen-bond donors (Lipinski definition) is 0. The van der Waals surface area contributed by atoms with Crippen LogP contribution < -0.4 is 0 Å². The molecule has 0 radical (unpaired) electrons. The van der Waals surface area contributed by atoms with Gasteiger partial charge in [0.2, 0.25) is 0 Å². The predicted molar refractivity (Wildman–Crippen MR) is 72.1 cm³/mol. The summed E-state index contributed by atoms with van der Waals surface area (Å²) in [4.78, 5) is 4.50. The number of aromatic nitrogens is 3. The molecule has 0 aromatic carbocycles. The number of halogens is 2. The Morgan fingerprint density at radius 1 is 1.53 bits per heavy atom. The average molecular weight is 290 g/mol. The van der Waals surface area contributed by atoms with E-state index in [2.05, 4.69) is 17.0 Å². The molecule has 0 N–H and O–H groups in total. The van der Waals surface area contributed by atoms with Gasteiger partial charge in [0.05, 0.1) is 22.3 Å². The van der Waals surface area contributed by atoms with E-state index < -0.39 is 0 Å². The molecule has 2 aromatic heterocycles. The molecule has 3 nitrogen and oxygen atoms in total.